The quantitative estimate of drug-likeness (QED) is 0.199. The van der Waals surface area contributed by atoms with Crippen LogP contribution >= 0.6 is 0 Å². The van der Waals surface area contributed by atoms with Gasteiger partial charge in [-0.05, 0) is 65.7 Å². The highest BCUT2D eigenvalue weighted by atomic mass is 15.0. The summed E-state index contributed by atoms with van der Waals surface area (Å²) < 4.78 is 4.58. The third kappa shape index (κ3) is 4.07. The van der Waals surface area contributed by atoms with Crippen molar-refractivity contribution < 1.29 is 0 Å². The summed E-state index contributed by atoms with van der Waals surface area (Å²) in [5.74, 6) is 0. The molecule has 0 amide bonds. The Hall–Kier alpha value is -6.88. The first kappa shape index (κ1) is 27.4. The second-order valence-corrected chi connectivity index (χ2v) is 12.0. The van der Waals surface area contributed by atoms with Gasteiger partial charge in [-0.15, -0.1) is 0 Å². The minimum atomic E-state index is 0.450. The van der Waals surface area contributed by atoms with Crippen LogP contribution in [0.15, 0.2) is 158 Å². The molecule has 7 aromatic carbocycles. The van der Waals surface area contributed by atoms with Crippen LogP contribution in [0.25, 0.3) is 77.2 Å². The minimum absolute atomic E-state index is 0.450. The fraction of sp³-hybridized carbons (Fsp3) is 0. The van der Waals surface area contributed by atoms with Crippen LogP contribution in [0.5, 0.6) is 0 Å². The van der Waals surface area contributed by atoms with Crippen LogP contribution in [0, 0.1) is 22.7 Å². The second-order valence-electron chi connectivity index (χ2n) is 12.0. The largest absolute Gasteiger partial charge is 0.309 e. The standard InChI is InChI=1S/C44H26N4/c45-27-29-25-31(28-46)44(37-15-5-10-20-43(37)48-41-18-8-3-13-35(41)36-14-4-9-19-42(36)48)38(26-29)30-21-23-32(24-22-30)47-39-16-6-1-11-33(39)34-12-2-7-17-40(34)47/h1-26H. The van der Waals surface area contributed by atoms with Crippen LogP contribution in [0.4, 0.5) is 0 Å². The van der Waals surface area contributed by atoms with Gasteiger partial charge in [0, 0.05) is 38.4 Å². The monoisotopic (exact) mass is 610 g/mol. The third-order valence-corrected chi connectivity index (χ3v) is 9.40. The van der Waals surface area contributed by atoms with Gasteiger partial charge in [0.05, 0.1) is 51.0 Å². The molecule has 0 saturated heterocycles. The van der Waals surface area contributed by atoms with Crippen LogP contribution in [0.3, 0.4) is 0 Å². The molecule has 0 atom stereocenters. The number of para-hydroxylation sites is 5. The Balaban J connectivity index is 1.28. The molecule has 0 bridgehead atoms. The average molecular weight is 611 g/mol. The summed E-state index contributed by atoms with van der Waals surface area (Å²) in [5, 5.41) is 25.3. The molecule has 0 N–H and O–H groups in total. The Morgan fingerprint density at radius 3 is 1.42 bits per heavy atom. The van der Waals surface area contributed by atoms with Crippen LogP contribution in [-0.4, -0.2) is 9.13 Å². The van der Waals surface area contributed by atoms with Crippen molar-refractivity contribution in [2.75, 3.05) is 0 Å². The summed E-state index contributed by atoms with van der Waals surface area (Å²) in [6.45, 7) is 0. The lowest BCUT2D eigenvalue weighted by atomic mass is 9.88. The van der Waals surface area contributed by atoms with Crippen LogP contribution in [-0.2, 0) is 0 Å². The lowest BCUT2D eigenvalue weighted by molar-refractivity contribution is 1.18. The molecule has 0 radical (unpaired) electrons. The first-order valence-electron chi connectivity index (χ1n) is 15.9. The van der Waals surface area contributed by atoms with E-state index in [-0.39, 0.29) is 0 Å². The molecular weight excluding hydrogens is 585 g/mol. The van der Waals surface area contributed by atoms with Crippen LogP contribution < -0.4 is 0 Å². The molecule has 9 aromatic rings. The number of hydrogen-bond acceptors (Lipinski definition) is 2. The molecule has 2 heterocycles. The lowest BCUT2D eigenvalue weighted by Crippen LogP contribution is -2.00. The maximum absolute atomic E-state index is 10.5. The summed E-state index contributed by atoms with van der Waals surface area (Å²) in [6.07, 6.45) is 0. The van der Waals surface area contributed by atoms with Gasteiger partial charge in [0.15, 0.2) is 0 Å². The maximum Gasteiger partial charge on any atom is 0.0998 e. The van der Waals surface area contributed by atoms with E-state index in [1.807, 2.05) is 18.2 Å². The fourth-order valence-corrected chi connectivity index (χ4v) is 7.37. The Morgan fingerprint density at radius 2 is 0.896 bits per heavy atom. The number of aromatic nitrogens is 2. The van der Waals surface area contributed by atoms with Crippen molar-refractivity contribution in [3.8, 4) is 45.8 Å². The smallest absolute Gasteiger partial charge is 0.0998 e. The summed E-state index contributed by atoms with van der Waals surface area (Å²) >= 11 is 0. The van der Waals surface area contributed by atoms with E-state index in [4.69, 9.17) is 0 Å². The molecule has 222 valence electrons. The van der Waals surface area contributed by atoms with Gasteiger partial charge in [0.1, 0.15) is 0 Å². The van der Waals surface area contributed by atoms with E-state index in [2.05, 4.69) is 155 Å². The number of nitrogens with zero attached hydrogens (tertiary/aromatic N) is 4. The number of benzene rings is 7. The predicted molar refractivity (Wildman–Crippen MR) is 195 cm³/mol. The summed E-state index contributed by atoms with van der Waals surface area (Å²) in [4.78, 5) is 0. The third-order valence-electron chi connectivity index (χ3n) is 9.40. The Morgan fingerprint density at radius 1 is 0.417 bits per heavy atom. The molecule has 2 aromatic heterocycles. The normalized spacial score (nSPS) is 11.3. The first-order valence-corrected chi connectivity index (χ1v) is 15.9. The fourth-order valence-electron chi connectivity index (χ4n) is 7.37. The van der Waals surface area contributed by atoms with Gasteiger partial charge in [0.2, 0.25) is 0 Å². The number of hydrogen-bond donors (Lipinski definition) is 0. The summed E-state index contributed by atoms with van der Waals surface area (Å²) in [5.41, 5.74) is 10.9. The van der Waals surface area contributed by atoms with E-state index in [9.17, 15) is 10.5 Å². The SMILES string of the molecule is N#Cc1cc(C#N)c(-c2ccccc2-n2c3ccccc3c3ccccc32)c(-c2ccc(-n3c4ccccc4c4ccccc43)cc2)c1. The molecule has 4 nitrogen and oxygen atoms in total. The highest BCUT2D eigenvalue weighted by Crippen LogP contribution is 2.42. The van der Waals surface area contributed by atoms with Gasteiger partial charge >= 0.3 is 0 Å². The van der Waals surface area contributed by atoms with Crippen molar-refractivity contribution in [1.82, 2.24) is 9.13 Å². The zero-order valence-electron chi connectivity index (χ0n) is 25.8. The summed E-state index contributed by atoms with van der Waals surface area (Å²) in [7, 11) is 0. The van der Waals surface area contributed by atoms with Crippen molar-refractivity contribution in [2.45, 2.75) is 0 Å². The maximum atomic E-state index is 10.5. The van der Waals surface area contributed by atoms with Crippen LogP contribution in [0.2, 0.25) is 0 Å². The molecule has 0 spiro atoms. The first-order chi connectivity index (χ1) is 23.7. The highest BCUT2D eigenvalue weighted by molar-refractivity contribution is 6.11. The van der Waals surface area contributed by atoms with E-state index in [1.54, 1.807) is 6.07 Å². The Kier molecular flexibility index (Phi) is 6.22. The molecule has 9 rings (SSSR count). The van der Waals surface area contributed by atoms with Gasteiger partial charge in [-0.2, -0.15) is 10.5 Å². The molecule has 0 fully saturated rings. The minimum Gasteiger partial charge on any atom is -0.309 e. The van der Waals surface area contributed by atoms with Gasteiger partial charge in [-0.1, -0.05) is 103 Å². The average Bonchev–Trinajstić information content (AvgIpc) is 3.67. The van der Waals surface area contributed by atoms with Gasteiger partial charge < -0.3 is 9.13 Å². The molecule has 4 heteroatoms. The highest BCUT2D eigenvalue weighted by Gasteiger charge is 2.21. The summed E-state index contributed by atoms with van der Waals surface area (Å²) in [6, 6.07) is 58.9. The van der Waals surface area contributed by atoms with Crippen molar-refractivity contribution in [3.05, 3.63) is 169 Å². The zero-order valence-corrected chi connectivity index (χ0v) is 25.8. The van der Waals surface area contributed by atoms with E-state index in [1.165, 1.54) is 21.5 Å². The Labute approximate surface area is 277 Å². The number of nitriles is 2. The molecular formula is C44H26N4. The Bertz CT molecular complexity index is 2690. The molecule has 0 aliphatic heterocycles. The molecule has 48 heavy (non-hydrogen) atoms. The van der Waals surface area contributed by atoms with Crippen molar-refractivity contribution in [1.29, 1.82) is 10.5 Å². The topological polar surface area (TPSA) is 57.4 Å². The van der Waals surface area contributed by atoms with E-state index in [0.717, 1.165) is 55.7 Å². The molecule has 0 aliphatic carbocycles. The molecule has 0 aliphatic rings. The number of rotatable bonds is 4. The van der Waals surface area contributed by atoms with Gasteiger partial charge in [-0.3, -0.25) is 0 Å². The van der Waals surface area contributed by atoms with E-state index in [0.29, 0.717) is 11.1 Å². The predicted octanol–water partition coefficient (Wildman–Crippen LogP) is 11.0. The van der Waals surface area contributed by atoms with Crippen molar-refractivity contribution in [2.24, 2.45) is 0 Å². The van der Waals surface area contributed by atoms with Crippen LogP contribution in [0.1, 0.15) is 11.1 Å². The second kappa shape index (κ2) is 10.9. The van der Waals surface area contributed by atoms with E-state index < -0.39 is 0 Å². The van der Waals surface area contributed by atoms with Crippen molar-refractivity contribution >= 4 is 43.6 Å². The molecule has 0 saturated carbocycles. The number of fused-ring (bicyclic) bond motifs is 6. The lowest BCUT2D eigenvalue weighted by Gasteiger charge is -2.19. The van der Waals surface area contributed by atoms with Gasteiger partial charge in [-0.25, -0.2) is 0 Å². The molecule has 0 unspecified atom stereocenters. The van der Waals surface area contributed by atoms with Gasteiger partial charge in [0.25, 0.3) is 0 Å². The van der Waals surface area contributed by atoms with E-state index >= 15 is 0 Å². The van der Waals surface area contributed by atoms with Crippen molar-refractivity contribution in [3.63, 3.8) is 0 Å². The zero-order chi connectivity index (χ0) is 32.2.